The molecule has 2 nitrogen and oxygen atoms in total. The van der Waals surface area contributed by atoms with Crippen LogP contribution >= 0.6 is 0 Å². The van der Waals surface area contributed by atoms with Gasteiger partial charge in [0.25, 0.3) is 0 Å². The molecule has 118 valence electrons. The van der Waals surface area contributed by atoms with Gasteiger partial charge >= 0.3 is 0 Å². The zero-order valence-electron chi connectivity index (χ0n) is 13.9. The fourth-order valence-corrected chi connectivity index (χ4v) is 4.18. The molecular formula is C18H36N2. The van der Waals surface area contributed by atoms with E-state index < -0.39 is 0 Å². The second-order valence-electron chi connectivity index (χ2n) is 7.55. The number of hydrogen-bond donors (Lipinski definition) is 1. The molecule has 0 amide bonds. The zero-order chi connectivity index (χ0) is 14.3. The lowest BCUT2D eigenvalue weighted by Gasteiger charge is -2.41. The summed E-state index contributed by atoms with van der Waals surface area (Å²) >= 11 is 0. The first kappa shape index (κ1) is 16.3. The molecule has 0 aromatic rings. The maximum absolute atomic E-state index is 3.73. The van der Waals surface area contributed by atoms with E-state index in [1.807, 2.05) is 0 Å². The van der Waals surface area contributed by atoms with E-state index in [1.54, 1.807) is 0 Å². The summed E-state index contributed by atoms with van der Waals surface area (Å²) < 4.78 is 0. The van der Waals surface area contributed by atoms with Crippen LogP contribution in [0.4, 0.5) is 0 Å². The fraction of sp³-hybridized carbons (Fsp3) is 1.00. The highest BCUT2D eigenvalue weighted by Crippen LogP contribution is 2.37. The van der Waals surface area contributed by atoms with Gasteiger partial charge in [-0.15, -0.1) is 0 Å². The lowest BCUT2D eigenvalue weighted by Crippen LogP contribution is -2.46. The molecule has 0 spiro atoms. The van der Waals surface area contributed by atoms with Gasteiger partial charge in [0, 0.05) is 13.1 Å². The Morgan fingerprint density at radius 3 is 2.60 bits per heavy atom. The summed E-state index contributed by atoms with van der Waals surface area (Å²) in [6.07, 6.45) is 12.8. The Labute approximate surface area is 126 Å². The number of nitrogens with zero attached hydrogens (tertiary/aromatic N) is 1. The smallest absolute Gasteiger partial charge is 0.00501 e. The molecule has 1 saturated carbocycles. The average Bonchev–Trinajstić information content (AvgIpc) is 2.65. The van der Waals surface area contributed by atoms with Crippen LogP contribution in [0.1, 0.15) is 71.6 Å². The SMILES string of the molecule is CCCNCC1(CN2CCCC(C)CC2)CCCCC1. The quantitative estimate of drug-likeness (QED) is 0.738. The first-order valence-electron chi connectivity index (χ1n) is 9.17. The third-order valence-corrected chi connectivity index (χ3v) is 5.51. The van der Waals surface area contributed by atoms with Gasteiger partial charge in [-0.25, -0.2) is 0 Å². The molecule has 2 aliphatic rings. The van der Waals surface area contributed by atoms with Gasteiger partial charge in [0.2, 0.25) is 0 Å². The van der Waals surface area contributed by atoms with Crippen LogP contribution in [-0.4, -0.2) is 37.6 Å². The zero-order valence-corrected chi connectivity index (χ0v) is 13.9. The van der Waals surface area contributed by atoms with Gasteiger partial charge in [0.15, 0.2) is 0 Å². The second kappa shape index (κ2) is 8.38. The van der Waals surface area contributed by atoms with Crippen molar-refractivity contribution in [2.45, 2.75) is 71.6 Å². The van der Waals surface area contributed by atoms with Crippen molar-refractivity contribution in [2.75, 3.05) is 32.7 Å². The lowest BCUT2D eigenvalue weighted by atomic mass is 9.73. The number of rotatable bonds is 6. The summed E-state index contributed by atoms with van der Waals surface area (Å²) in [6.45, 7) is 11.2. The molecule has 1 aliphatic heterocycles. The van der Waals surface area contributed by atoms with E-state index in [0.29, 0.717) is 5.41 Å². The summed E-state index contributed by atoms with van der Waals surface area (Å²) in [7, 11) is 0. The van der Waals surface area contributed by atoms with Crippen LogP contribution in [0, 0.1) is 11.3 Å². The first-order valence-corrected chi connectivity index (χ1v) is 9.17. The van der Waals surface area contributed by atoms with E-state index >= 15 is 0 Å². The van der Waals surface area contributed by atoms with Crippen LogP contribution < -0.4 is 5.32 Å². The largest absolute Gasteiger partial charge is 0.316 e. The Bertz CT molecular complexity index is 258. The van der Waals surface area contributed by atoms with E-state index in [1.165, 1.54) is 90.5 Å². The van der Waals surface area contributed by atoms with E-state index in [9.17, 15) is 0 Å². The molecule has 0 aromatic carbocycles. The Morgan fingerprint density at radius 2 is 1.85 bits per heavy atom. The standard InChI is InChI=1S/C18H36N2/c1-3-12-19-15-18(10-5-4-6-11-18)16-20-13-7-8-17(2)9-14-20/h17,19H,3-16H2,1-2H3. The first-order chi connectivity index (χ1) is 9.74. The predicted molar refractivity (Wildman–Crippen MR) is 88.1 cm³/mol. The van der Waals surface area contributed by atoms with E-state index in [4.69, 9.17) is 0 Å². The topological polar surface area (TPSA) is 15.3 Å². The summed E-state index contributed by atoms with van der Waals surface area (Å²) in [5.74, 6) is 0.945. The Morgan fingerprint density at radius 1 is 1.05 bits per heavy atom. The van der Waals surface area contributed by atoms with Crippen LogP contribution in [0.3, 0.4) is 0 Å². The van der Waals surface area contributed by atoms with Gasteiger partial charge in [-0.1, -0.05) is 33.1 Å². The highest BCUT2D eigenvalue weighted by atomic mass is 15.1. The average molecular weight is 280 g/mol. The highest BCUT2D eigenvalue weighted by molar-refractivity contribution is 4.88. The van der Waals surface area contributed by atoms with Crippen molar-refractivity contribution in [1.82, 2.24) is 10.2 Å². The van der Waals surface area contributed by atoms with Gasteiger partial charge < -0.3 is 10.2 Å². The molecule has 1 heterocycles. The summed E-state index contributed by atoms with van der Waals surface area (Å²) in [6, 6.07) is 0. The van der Waals surface area contributed by atoms with Crippen molar-refractivity contribution in [1.29, 1.82) is 0 Å². The van der Waals surface area contributed by atoms with E-state index in [-0.39, 0.29) is 0 Å². The van der Waals surface area contributed by atoms with Crippen molar-refractivity contribution in [3.05, 3.63) is 0 Å². The molecule has 0 bridgehead atoms. The third-order valence-electron chi connectivity index (χ3n) is 5.51. The Hall–Kier alpha value is -0.0800. The molecule has 0 aromatic heterocycles. The summed E-state index contributed by atoms with van der Waals surface area (Å²) in [5.41, 5.74) is 0.584. The second-order valence-corrected chi connectivity index (χ2v) is 7.55. The maximum atomic E-state index is 3.73. The lowest BCUT2D eigenvalue weighted by molar-refractivity contribution is 0.104. The third kappa shape index (κ3) is 5.04. The number of likely N-dealkylation sites (tertiary alicyclic amines) is 1. The van der Waals surface area contributed by atoms with Crippen molar-refractivity contribution >= 4 is 0 Å². The molecule has 2 heteroatoms. The highest BCUT2D eigenvalue weighted by Gasteiger charge is 2.33. The molecule has 1 aliphatic carbocycles. The summed E-state index contributed by atoms with van der Waals surface area (Å²) in [4.78, 5) is 2.79. The predicted octanol–water partition coefficient (Wildman–Crippen LogP) is 4.06. The van der Waals surface area contributed by atoms with Crippen LogP contribution in [0.25, 0.3) is 0 Å². The van der Waals surface area contributed by atoms with Gasteiger partial charge in [-0.3, -0.25) is 0 Å². The molecule has 1 saturated heterocycles. The minimum Gasteiger partial charge on any atom is -0.316 e. The Kier molecular flexibility index (Phi) is 6.83. The molecule has 1 atom stereocenters. The molecule has 2 fully saturated rings. The molecule has 20 heavy (non-hydrogen) atoms. The van der Waals surface area contributed by atoms with Gasteiger partial charge in [-0.05, 0) is 69.5 Å². The van der Waals surface area contributed by atoms with Crippen molar-refractivity contribution < 1.29 is 0 Å². The Balaban J connectivity index is 1.88. The monoisotopic (exact) mass is 280 g/mol. The minimum absolute atomic E-state index is 0.584. The van der Waals surface area contributed by atoms with Crippen LogP contribution in [0.2, 0.25) is 0 Å². The molecule has 1 N–H and O–H groups in total. The van der Waals surface area contributed by atoms with Crippen molar-refractivity contribution in [2.24, 2.45) is 11.3 Å². The molecule has 0 radical (unpaired) electrons. The number of nitrogens with one attached hydrogen (secondary N) is 1. The molecule has 1 unspecified atom stereocenters. The normalized spacial score (nSPS) is 28.2. The summed E-state index contributed by atoms with van der Waals surface area (Å²) in [5, 5.41) is 3.73. The van der Waals surface area contributed by atoms with Crippen molar-refractivity contribution in [3.8, 4) is 0 Å². The van der Waals surface area contributed by atoms with Crippen LogP contribution in [0.15, 0.2) is 0 Å². The van der Waals surface area contributed by atoms with E-state index in [2.05, 4.69) is 24.1 Å². The van der Waals surface area contributed by atoms with Gasteiger partial charge in [0.05, 0.1) is 0 Å². The minimum atomic E-state index is 0.584. The fourth-order valence-electron chi connectivity index (χ4n) is 4.18. The van der Waals surface area contributed by atoms with Crippen LogP contribution in [-0.2, 0) is 0 Å². The molecular weight excluding hydrogens is 244 g/mol. The van der Waals surface area contributed by atoms with E-state index in [0.717, 1.165) is 5.92 Å². The van der Waals surface area contributed by atoms with Gasteiger partial charge in [-0.2, -0.15) is 0 Å². The van der Waals surface area contributed by atoms with Gasteiger partial charge in [0.1, 0.15) is 0 Å². The molecule has 2 rings (SSSR count). The maximum Gasteiger partial charge on any atom is 0.00501 e. The van der Waals surface area contributed by atoms with Crippen molar-refractivity contribution in [3.63, 3.8) is 0 Å². The van der Waals surface area contributed by atoms with Crippen LogP contribution in [0.5, 0.6) is 0 Å². The number of hydrogen-bond acceptors (Lipinski definition) is 2.